The zero-order valence-electron chi connectivity index (χ0n) is 19.9. The lowest BCUT2D eigenvalue weighted by atomic mass is 10.0. The first-order chi connectivity index (χ1) is 16.8. The summed E-state index contributed by atoms with van der Waals surface area (Å²) in [6.07, 6.45) is 0.383. The minimum Gasteiger partial charge on any atom is -0.352 e. The Balaban J connectivity index is 1.83. The van der Waals surface area contributed by atoms with Crippen LogP contribution >= 0.6 is 23.4 Å². The Morgan fingerprint density at radius 1 is 0.914 bits per heavy atom. The van der Waals surface area contributed by atoms with E-state index in [2.05, 4.69) is 5.32 Å². The second-order valence-corrected chi connectivity index (χ2v) is 10.1. The lowest BCUT2D eigenvalue weighted by molar-refractivity contribution is -0.139. The molecule has 3 aromatic carbocycles. The second kappa shape index (κ2) is 13.3. The van der Waals surface area contributed by atoms with Crippen molar-refractivity contribution in [1.82, 2.24) is 10.2 Å². The van der Waals surface area contributed by atoms with E-state index < -0.39 is 6.04 Å². The maximum atomic E-state index is 13.5. The Labute approximate surface area is 215 Å². The van der Waals surface area contributed by atoms with Crippen molar-refractivity contribution >= 4 is 35.2 Å². The highest BCUT2D eigenvalue weighted by Gasteiger charge is 2.30. The molecule has 0 heterocycles. The SMILES string of the molecule is CC(C)NC(=O)[C@H](Cc1ccccc1)N(Cc1ccc(F)cc1)C(=O)CSCc1ccc(Cl)cc1. The van der Waals surface area contributed by atoms with Gasteiger partial charge in [0.15, 0.2) is 0 Å². The molecule has 0 aliphatic rings. The fourth-order valence-electron chi connectivity index (χ4n) is 3.64. The van der Waals surface area contributed by atoms with Crippen molar-refractivity contribution < 1.29 is 14.0 Å². The van der Waals surface area contributed by atoms with Gasteiger partial charge in [-0.15, -0.1) is 11.8 Å². The number of hydrogen-bond donors (Lipinski definition) is 1. The molecule has 0 aliphatic carbocycles. The molecule has 1 atom stereocenters. The summed E-state index contributed by atoms with van der Waals surface area (Å²) in [5.74, 6) is 0.164. The van der Waals surface area contributed by atoms with E-state index in [1.165, 1.54) is 23.9 Å². The zero-order valence-corrected chi connectivity index (χ0v) is 21.5. The Hall–Kier alpha value is -2.83. The van der Waals surface area contributed by atoms with Crippen molar-refractivity contribution in [3.05, 3.63) is 106 Å². The molecule has 0 bridgehead atoms. The number of nitrogens with one attached hydrogen (secondary N) is 1. The number of carbonyl (C=O) groups is 2. The third-order valence-electron chi connectivity index (χ3n) is 5.38. The molecule has 1 N–H and O–H groups in total. The van der Waals surface area contributed by atoms with Crippen LogP contribution in [0.4, 0.5) is 4.39 Å². The molecule has 4 nitrogen and oxygen atoms in total. The minimum absolute atomic E-state index is 0.0668. The molecule has 0 saturated heterocycles. The molecule has 0 fully saturated rings. The van der Waals surface area contributed by atoms with Crippen LogP contribution in [-0.4, -0.2) is 34.6 Å². The number of halogens is 2. The summed E-state index contributed by atoms with van der Waals surface area (Å²) in [6.45, 7) is 4.00. The van der Waals surface area contributed by atoms with Gasteiger partial charge in [-0.3, -0.25) is 9.59 Å². The van der Waals surface area contributed by atoms with Crippen LogP contribution in [0.25, 0.3) is 0 Å². The van der Waals surface area contributed by atoms with Crippen LogP contribution in [0.2, 0.25) is 5.02 Å². The smallest absolute Gasteiger partial charge is 0.243 e. The van der Waals surface area contributed by atoms with E-state index in [0.29, 0.717) is 17.2 Å². The van der Waals surface area contributed by atoms with Gasteiger partial charge in [-0.25, -0.2) is 4.39 Å². The third kappa shape index (κ3) is 8.71. The lowest BCUT2D eigenvalue weighted by Crippen LogP contribution is -2.52. The van der Waals surface area contributed by atoms with E-state index in [0.717, 1.165) is 16.7 Å². The molecule has 0 aromatic heterocycles. The molecule has 0 unspecified atom stereocenters. The first-order valence-corrected chi connectivity index (χ1v) is 13.1. The number of benzene rings is 3. The van der Waals surface area contributed by atoms with Crippen LogP contribution in [-0.2, 0) is 28.3 Å². The average Bonchev–Trinajstić information content (AvgIpc) is 2.84. The monoisotopic (exact) mass is 512 g/mol. The van der Waals surface area contributed by atoms with E-state index >= 15 is 0 Å². The molecule has 0 aliphatic heterocycles. The third-order valence-corrected chi connectivity index (χ3v) is 6.62. The van der Waals surface area contributed by atoms with Gasteiger partial charge in [-0.1, -0.05) is 66.2 Å². The average molecular weight is 513 g/mol. The zero-order chi connectivity index (χ0) is 25.2. The molecule has 2 amide bonds. The van der Waals surface area contributed by atoms with Crippen LogP contribution in [0, 0.1) is 5.82 Å². The van der Waals surface area contributed by atoms with Crippen molar-refractivity contribution in [2.75, 3.05) is 5.75 Å². The summed E-state index contributed by atoms with van der Waals surface area (Å²) in [6, 6.07) is 22.4. The summed E-state index contributed by atoms with van der Waals surface area (Å²) >= 11 is 7.45. The van der Waals surface area contributed by atoms with Gasteiger partial charge in [0.1, 0.15) is 11.9 Å². The topological polar surface area (TPSA) is 49.4 Å². The highest BCUT2D eigenvalue weighted by Crippen LogP contribution is 2.20. The summed E-state index contributed by atoms with van der Waals surface area (Å²) < 4.78 is 13.5. The molecule has 7 heteroatoms. The highest BCUT2D eigenvalue weighted by atomic mass is 35.5. The van der Waals surface area contributed by atoms with E-state index in [-0.39, 0.29) is 36.0 Å². The van der Waals surface area contributed by atoms with Gasteiger partial charge >= 0.3 is 0 Å². The number of nitrogens with zero attached hydrogens (tertiary/aromatic N) is 1. The number of carbonyl (C=O) groups excluding carboxylic acids is 2. The van der Waals surface area contributed by atoms with Gasteiger partial charge in [-0.05, 0) is 54.8 Å². The molecule has 3 aromatic rings. The van der Waals surface area contributed by atoms with Crippen molar-refractivity contribution in [2.24, 2.45) is 0 Å². The minimum atomic E-state index is -0.700. The predicted octanol–water partition coefficient (Wildman–Crippen LogP) is 5.88. The number of amides is 2. The molecule has 35 heavy (non-hydrogen) atoms. The van der Waals surface area contributed by atoms with Crippen molar-refractivity contribution in [1.29, 1.82) is 0 Å². The molecule has 0 saturated carbocycles. The lowest BCUT2D eigenvalue weighted by Gasteiger charge is -2.32. The van der Waals surface area contributed by atoms with Crippen LogP contribution in [0.3, 0.4) is 0 Å². The van der Waals surface area contributed by atoms with Gasteiger partial charge in [0, 0.05) is 29.8 Å². The van der Waals surface area contributed by atoms with Gasteiger partial charge in [0.2, 0.25) is 11.8 Å². The molecular weight excluding hydrogens is 483 g/mol. The predicted molar refractivity (Wildman–Crippen MR) is 142 cm³/mol. The fourth-order valence-corrected chi connectivity index (χ4v) is 4.64. The quantitative estimate of drug-likeness (QED) is 0.349. The molecule has 0 radical (unpaired) electrons. The Morgan fingerprint density at radius 2 is 1.54 bits per heavy atom. The Kier molecular flexibility index (Phi) is 10.2. The largest absolute Gasteiger partial charge is 0.352 e. The van der Waals surface area contributed by atoms with Crippen molar-refractivity contribution in [2.45, 2.75) is 44.6 Å². The molecule has 184 valence electrons. The van der Waals surface area contributed by atoms with Gasteiger partial charge < -0.3 is 10.2 Å². The van der Waals surface area contributed by atoms with Crippen LogP contribution in [0.15, 0.2) is 78.9 Å². The fraction of sp³-hybridized carbons (Fsp3) is 0.286. The highest BCUT2D eigenvalue weighted by molar-refractivity contribution is 7.99. The van der Waals surface area contributed by atoms with E-state index in [1.807, 2.05) is 68.4 Å². The number of thioether (sulfide) groups is 1. The standard InChI is InChI=1S/C28H30ClFN2O2S/c1-20(2)31-28(34)26(16-21-6-4-3-5-7-21)32(17-22-10-14-25(30)15-11-22)27(33)19-35-18-23-8-12-24(29)13-9-23/h3-15,20,26H,16-19H2,1-2H3,(H,31,34)/t26-/m0/s1. The van der Waals surface area contributed by atoms with E-state index in [4.69, 9.17) is 11.6 Å². The van der Waals surface area contributed by atoms with Gasteiger partial charge in [0.05, 0.1) is 5.75 Å². The Bertz CT molecular complexity index is 1090. The summed E-state index contributed by atoms with van der Waals surface area (Å²) in [5, 5.41) is 3.64. The van der Waals surface area contributed by atoms with E-state index in [1.54, 1.807) is 17.0 Å². The van der Waals surface area contributed by atoms with Crippen LogP contribution < -0.4 is 5.32 Å². The normalized spacial score (nSPS) is 11.8. The van der Waals surface area contributed by atoms with Crippen molar-refractivity contribution in [3.63, 3.8) is 0 Å². The molecule has 0 spiro atoms. The number of hydrogen-bond acceptors (Lipinski definition) is 3. The second-order valence-electron chi connectivity index (χ2n) is 8.64. The number of rotatable bonds is 11. The summed E-state index contributed by atoms with van der Waals surface area (Å²) in [4.78, 5) is 28.4. The molecule has 3 rings (SSSR count). The first-order valence-electron chi connectivity index (χ1n) is 11.5. The Morgan fingerprint density at radius 3 is 2.17 bits per heavy atom. The van der Waals surface area contributed by atoms with Gasteiger partial charge in [0.25, 0.3) is 0 Å². The van der Waals surface area contributed by atoms with Gasteiger partial charge in [-0.2, -0.15) is 0 Å². The maximum absolute atomic E-state index is 13.5. The van der Waals surface area contributed by atoms with E-state index in [9.17, 15) is 14.0 Å². The maximum Gasteiger partial charge on any atom is 0.243 e. The van der Waals surface area contributed by atoms with Crippen LogP contribution in [0.1, 0.15) is 30.5 Å². The summed E-state index contributed by atoms with van der Waals surface area (Å²) in [7, 11) is 0. The summed E-state index contributed by atoms with van der Waals surface area (Å²) in [5.41, 5.74) is 2.79. The first kappa shape index (κ1) is 26.8. The van der Waals surface area contributed by atoms with Crippen molar-refractivity contribution in [3.8, 4) is 0 Å². The molecular formula is C28H30ClFN2O2S. The van der Waals surface area contributed by atoms with Crippen LogP contribution in [0.5, 0.6) is 0 Å².